The molecule has 3 heterocycles. The van der Waals surface area contributed by atoms with E-state index in [4.69, 9.17) is 0 Å². The molecule has 1 fully saturated rings. The molecule has 8 heteroatoms. The second-order valence-electron chi connectivity index (χ2n) is 7.79. The minimum atomic E-state index is -0.806. The Morgan fingerprint density at radius 2 is 2.20 bits per heavy atom. The van der Waals surface area contributed by atoms with Gasteiger partial charge in [0.25, 0.3) is 0 Å². The van der Waals surface area contributed by atoms with Gasteiger partial charge in [0.05, 0.1) is 17.9 Å². The Morgan fingerprint density at radius 1 is 1.37 bits per heavy atom. The van der Waals surface area contributed by atoms with Crippen molar-refractivity contribution in [2.45, 2.75) is 19.4 Å². The van der Waals surface area contributed by atoms with Crippen LogP contribution in [0.3, 0.4) is 0 Å². The number of aromatic nitrogens is 4. The largest absolute Gasteiger partial charge is 0.371 e. The Hall–Kier alpha value is -3.86. The van der Waals surface area contributed by atoms with Crippen molar-refractivity contribution in [2.75, 3.05) is 12.4 Å². The lowest BCUT2D eigenvalue weighted by atomic mass is 10.1. The highest BCUT2D eigenvalue weighted by Crippen LogP contribution is 2.45. The van der Waals surface area contributed by atoms with Gasteiger partial charge in [-0.05, 0) is 36.1 Å². The first-order chi connectivity index (χ1) is 14.5. The zero-order chi connectivity index (χ0) is 20.9. The standard InChI is InChI=1S/C22H21N7O/c1-24-20-17-18(29(2)12-26-17)15-9-16(27-19(15)28-20)14-5-3-4-13(8-14)10-25-21(30)22(11-23)6-7-22/h3-5,8-9,12H,6-7,10H2,1-2H3,(H,25,30)(H2,24,27,28). The van der Waals surface area contributed by atoms with Gasteiger partial charge in [0.2, 0.25) is 5.91 Å². The molecule has 4 aromatic rings. The number of carbonyl (C=O) groups is 1. The first-order valence-electron chi connectivity index (χ1n) is 9.85. The van der Waals surface area contributed by atoms with Crippen LogP contribution in [-0.4, -0.2) is 32.5 Å². The van der Waals surface area contributed by atoms with Gasteiger partial charge in [-0.1, -0.05) is 18.2 Å². The van der Waals surface area contributed by atoms with Crippen molar-refractivity contribution in [2.24, 2.45) is 12.5 Å². The Kier molecular flexibility index (Phi) is 4.00. The number of rotatable bonds is 5. The van der Waals surface area contributed by atoms with Crippen LogP contribution in [0.5, 0.6) is 0 Å². The highest BCUT2D eigenvalue weighted by Gasteiger charge is 2.50. The minimum absolute atomic E-state index is 0.177. The number of aromatic amines is 1. The molecular formula is C22H21N7O. The number of benzene rings is 1. The highest BCUT2D eigenvalue weighted by molar-refractivity contribution is 6.07. The van der Waals surface area contributed by atoms with E-state index in [1.165, 1.54) is 0 Å². The summed E-state index contributed by atoms with van der Waals surface area (Å²) in [4.78, 5) is 24.8. The van der Waals surface area contributed by atoms with Gasteiger partial charge < -0.3 is 20.2 Å². The van der Waals surface area contributed by atoms with E-state index in [1.807, 2.05) is 42.9 Å². The van der Waals surface area contributed by atoms with Gasteiger partial charge in [0.15, 0.2) is 5.82 Å². The number of hydrogen-bond donors (Lipinski definition) is 3. The molecule has 1 aromatic carbocycles. The van der Waals surface area contributed by atoms with Gasteiger partial charge in [-0.3, -0.25) is 4.79 Å². The zero-order valence-corrected chi connectivity index (χ0v) is 16.8. The molecule has 3 aromatic heterocycles. The second-order valence-corrected chi connectivity index (χ2v) is 7.79. The third-order valence-corrected chi connectivity index (χ3v) is 5.76. The fourth-order valence-corrected chi connectivity index (χ4v) is 3.84. The van der Waals surface area contributed by atoms with Crippen LogP contribution >= 0.6 is 0 Å². The average molecular weight is 399 g/mol. The van der Waals surface area contributed by atoms with Crippen molar-refractivity contribution < 1.29 is 4.79 Å². The summed E-state index contributed by atoms with van der Waals surface area (Å²) in [6.07, 6.45) is 3.08. The molecule has 0 spiro atoms. The van der Waals surface area contributed by atoms with Crippen LogP contribution in [0, 0.1) is 16.7 Å². The number of nitriles is 1. The molecule has 0 bridgehead atoms. The number of nitrogens with zero attached hydrogens (tertiary/aromatic N) is 4. The van der Waals surface area contributed by atoms with Crippen molar-refractivity contribution in [3.05, 3.63) is 42.2 Å². The number of hydrogen-bond acceptors (Lipinski definition) is 5. The van der Waals surface area contributed by atoms with Crippen LogP contribution in [0.2, 0.25) is 0 Å². The van der Waals surface area contributed by atoms with Crippen LogP contribution < -0.4 is 10.6 Å². The van der Waals surface area contributed by atoms with Gasteiger partial charge in [-0.2, -0.15) is 5.26 Å². The maximum atomic E-state index is 12.2. The van der Waals surface area contributed by atoms with Crippen molar-refractivity contribution in [1.82, 2.24) is 24.8 Å². The topological polar surface area (TPSA) is 111 Å². The normalized spacial score (nSPS) is 14.6. The fraction of sp³-hybridized carbons (Fsp3) is 0.273. The molecule has 0 radical (unpaired) electrons. The summed E-state index contributed by atoms with van der Waals surface area (Å²) in [6, 6.07) is 12.2. The van der Waals surface area contributed by atoms with Crippen LogP contribution in [-0.2, 0) is 18.4 Å². The van der Waals surface area contributed by atoms with E-state index >= 15 is 0 Å². The third-order valence-electron chi connectivity index (χ3n) is 5.76. The summed E-state index contributed by atoms with van der Waals surface area (Å²) in [7, 11) is 3.81. The van der Waals surface area contributed by atoms with Crippen LogP contribution in [0.1, 0.15) is 18.4 Å². The van der Waals surface area contributed by atoms with Gasteiger partial charge in [0, 0.05) is 31.7 Å². The summed E-state index contributed by atoms with van der Waals surface area (Å²) in [6.45, 7) is 0.393. The van der Waals surface area contributed by atoms with E-state index in [9.17, 15) is 10.1 Å². The van der Waals surface area contributed by atoms with Gasteiger partial charge in [-0.25, -0.2) is 9.97 Å². The van der Waals surface area contributed by atoms with Crippen molar-refractivity contribution in [1.29, 1.82) is 5.26 Å². The summed E-state index contributed by atoms with van der Waals surface area (Å²) >= 11 is 0. The lowest BCUT2D eigenvalue weighted by molar-refractivity contribution is -0.124. The molecule has 8 nitrogen and oxygen atoms in total. The molecule has 0 saturated heterocycles. The Morgan fingerprint density at radius 3 is 2.93 bits per heavy atom. The number of anilines is 1. The summed E-state index contributed by atoms with van der Waals surface area (Å²) in [5, 5.41) is 16.2. The number of H-pyrrole nitrogens is 1. The molecule has 150 valence electrons. The van der Waals surface area contributed by atoms with E-state index < -0.39 is 5.41 Å². The Labute approximate surface area is 172 Å². The number of aryl methyl sites for hydroxylation is 1. The number of fused-ring (bicyclic) bond motifs is 3. The van der Waals surface area contributed by atoms with Gasteiger partial charge in [-0.15, -0.1) is 0 Å². The summed E-state index contributed by atoms with van der Waals surface area (Å²) in [5.41, 5.74) is 4.75. The molecule has 1 aliphatic carbocycles. The van der Waals surface area contributed by atoms with Gasteiger partial charge >= 0.3 is 0 Å². The molecule has 1 amide bonds. The van der Waals surface area contributed by atoms with E-state index in [0.717, 1.165) is 44.7 Å². The molecule has 0 unspecified atom stereocenters. The number of pyridine rings is 1. The van der Waals surface area contributed by atoms with Gasteiger partial charge in [0.1, 0.15) is 16.6 Å². The van der Waals surface area contributed by atoms with Crippen LogP contribution in [0.25, 0.3) is 33.3 Å². The molecule has 30 heavy (non-hydrogen) atoms. The molecule has 3 N–H and O–H groups in total. The van der Waals surface area contributed by atoms with Crippen molar-refractivity contribution in [3.63, 3.8) is 0 Å². The monoisotopic (exact) mass is 399 g/mol. The minimum Gasteiger partial charge on any atom is -0.371 e. The molecule has 1 saturated carbocycles. The predicted octanol–water partition coefficient (Wildman–Crippen LogP) is 3.08. The Bertz CT molecular complexity index is 1340. The van der Waals surface area contributed by atoms with E-state index in [0.29, 0.717) is 19.4 Å². The molecule has 1 aliphatic rings. The second kappa shape index (κ2) is 6.59. The fourth-order valence-electron chi connectivity index (χ4n) is 3.84. The summed E-state index contributed by atoms with van der Waals surface area (Å²) in [5.74, 6) is 0.554. The van der Waals surface area contributed by atoms with E-state index in [2.05, 4.69) is 37.7 Å². The lowest BCUT2D eigenvalue weighted by Gasteiger charge is -2.09. The quantitative estimate of drug-likeness (QED) is 0.477. The predicted molar refractivity (Wildman–Crippen MR) is 114 cm³/mol. The number of imidazole rings is 1. The van der Waals surface area contributed by atoms with Crippen molar-refractivity contribution in [3.8, 4) is 17.3 Å². The first kappa shape index (κ1) is 18.2. The molecule has 0 atom stereocenters. The highest BCUT2D eigenvalue weighted by atomic mass is 16.2. The number of amides is 1. The first-order valence-corrected chi connectivity index (χ1v) is 9.85. The van der Waals surface area contributed by atoms with E-state index in [-0.39, 0.29) is 5.91 Å². The molecule has 0 aliphatic heterocycles. The maximum Gasteiger partial charge on any atom is 0.240 e. The summed E-state index contributed by atoms with van der Waals surface area (Å²) < 4.78 is 1.99. The Balaban J connectivity index is 1.48. The van der Waals surface area contributed by atoms with E-state index in [1.54, 1.807) is 6.33 Å². The number of carbonyl (C=O) groups excluding carboxylic acids is 1. The van der Waals surface area contributed by atoms with Crippen molar-refractivity contribution >= 4 is 33.8 Å². The average Bonchev–Trinajstić information content (AvgIpc) is 3.31. The third kappa shape index (κ3) is 2.78. The van der Waals surface area contributed by atoms with Crippen LogP contribution in [0.15, 0.2) is 36.7 Å². The van der Waals surface area contributed by atoms with Crippen LogP contribution in [0.4, 0.5) is 5.82 Å². The maximum absolute atomic E-state index is 12.2. The zero-order valence-electron chi connectivity index (χ0n) is 16.8. The smallest absolute Gasteiger partial charge is 0.240 e. The lowest BCUT2D eigenvalue weighted by Crippen LogP contribution is -2.30. The number of nitrogens with one attached hydrogen (secondary N) is 3. The molecular weight excluding hydrogens is 378 g/mol. The SMILES string of the molecule is CNc1nc2[nH]c(-c3cccc(CNC(=O)C4(C#N)CC4)c3)cc2c2c1ncn2C. The molecule has 5 rings (SSSR count).